The van der Waals surface area contributed by atoms with Crippen molar-refractivity contribution >= 4 is 16.8 Å². The van der Waals surface area contributed by atoms with Gasteiger partial charge in [0.1, 0.15) is 0 Å². The highest BCUT2D eigenvalue weighted by Gasteiger charge is 2.20. The first-order valence-electron chi connectivity index (χ1n) is 6.49. The van der Waals surface area contributed by atoms with E-state index in [1.54, 1.807) is 0 Å². The number of rotatable bonds is 1. The molecular weight excluding hydrogens is 240 g/mol. The van der Waals surface area contributed by atoms with Crippen molar-refractivity contribution in [3.8, 4) is 0 Å². The molecule has 0 aliphatic carbocycles. The fourth-order valence-electron chi connectivity index (χ4n) is 2.42. The highest BCUT2D eigenvalue weighted by atomic mass is 16.5. The summed E-state index contributed by atoms with van der Waals surface area (Å²) in [5.74, 6) is 0.0741. The van der Waals surface area contributed by atoms with Crippen molar-refractivity contribution < 1.29 is 9.53 Å². The lowest BCUT2D eigenvalue weighted by atomic mass is 10.1. The summed E-state index contributed by atoms with van der Waals surface area (Å²) in [4.78, 5) is 18.9. The second kappa shape index (κ2) is 4.97. The van der Waals surface area contributed by atoms with E-state index in [0.29, 0.717) is 26.3 Å². The van der Waals surface area contributed by atoms with Crippen molar-refractivity contribution in [3.05, 3.63) is 41.6 Å². The lowest BCUT2D eigenvalue weighted by Gasteiger charge is -2.27. The van der Waals surface area contributed by atoms with Gasteiger partial charge in [0, 0.05) is 24.2 Å². The van der Waals surface area contributed by atoms with E-state index in [0.717, 1.165) is 22.2 Å². The fraction of sp³-hybridized carbons (Fsp3) is 0.333. The summed E-state index contributed by atoms with van der Waals surface area (Å²) in [6.45, 7) is 4.48. The van der Waals surface area contributed by atoms with Crippen LogP contribution < -0.4 is 0 Å². The van der Waals surface area contributed by atoms with E-state index >= 15 is 0 Å². The second-order valence-corrected chi connectivity index (χ2v) is 4.73. The first-order valence-corrected chi connectivity index (χ1v) is 6.49. The van der Waals surface area contributed by atoms with Gasteiger partial charge in [-0.1, -0.05) is 18.2 Å². The van der Waals surface area contributed by atoms with Gasteiger partial charge in [0.2, 0.25) is 0 Å². The van der Waals surface area contributed by atoms with Crippen molar-refractivity contribution in [3.63, 3.8) is 0 Å². The minimum atomic E-state index is 0.0741. The van der Waals surface area contributed by atoms with Crippen LogP contribution in [0.25, 0.3) is 10.9 Å². The molecule has 1 amide bonds. The minimum absolute atomic E-state index is 0.0741. The maximum absolute atomic E-state index is 12.6. The third-order valence-corrected chi connectivity index (χ3v) is 3.37. The van der Waals surface area contributed by atoms with Gasteiger partial charge >= 0.3 is 0 Å². The molecule has 1 aliphatic heterocycles. The predicted octanol–water partition coefficient (Wildman–Crippen LogP) is 2.02. The second-order valence-electron chi connectivity index (χ2n) is 4.73. The molecule has 0 N–H and O–H groups in total. The van der Waals surface area contributed by atoms with Crippen molar-refractivity contribution in [1.82, 2.24) is 9.88 Å². The lowest BCUT2D eigenvalue weighted by Crippen LogP contribution is -2.40. The molecule has 1 saturated heterocycles. The maximum Gasteiger partial charge on any atom is 0.254 e. The molecule has 98 valence electrons. The molecule has 0 radical (unpaired) electrons. The molecule has 1 aromatic carbocycles. The van der Waals surface area contributed by atoms with Gasteiger partial charge in [0.25, 0.3) is 5.91 Å². The molecule has 4 nitrogen and oxygen atoms in total. The summed E-state index contributed by atoms with van der Waals surface area (Å²) in [5, 5.41) is 0.921. The highest BCUT2D eigenvalue weighted by Crippen LogP contribution is 2.20. The van der Waals surface area contributed by atoms with Crippen molar-refractivity contribution in [2.45, 2.75) is 6.92 Å². The average Bonchev–Trinajstić information content (AvgIpc) is 2.46. The number of carbonyl (C=O) groups is 1. The zero-order valence-corrected chi connectivity index (χ0v) is 10.9. The van der Waals surface area contributed by atoms with Crippen molar-refractivity contribution in [2.24, 2.45) is 0 Å². The Kier molecular flexibility index (Phi) is 3.17. The van der Waals surface area contributed by atoms with E-state index < -0.39 is 0 Å². The molecule has 0 unspecified atom stereocenters. The molecule has 0 atom stereocenters. The molecule has 19 heavy (non-hydrogen) atoms. The van der Waals surface area contributed by atoms with E-state index in [2.05, 4.69) is 4.98 Å². The van der Waals surface area contributed by atoms with Gasteiger partial charge in [-0.05, 0) is 19.1 Å². The largest absolute Gasteiger partial charge is 0.378 e. The standard InChI is InChI=1S/C15H16N2O2/c1-11-10-13(12-4-2-3-5-14(12)16-11)15(18)17-6-8-19-9-7-17/h2-5,10H,6-9H2,1H3. The zero-order chi connectivity index (χ0) is 13.2. The number of pyridine rings is 1. The Morgan fingerprint density at radius 3 is 2.79 bits per heavy atom. The number of amides is 1. The van der Waals surface area contributed by atoms with Crippen molar-refractivity contribution in [1.29, 1.82) is 0 Å². The lowest BCUT2D eigenvalue weighted by molar-refractivity contribution is 0.0304. The van der Waals surface area contributed by atoms with Crippen LogP contribution >= 0.6 is 0 Å². The Morgan fingerprint density at radius 2 is 2.00 bits per heavy atom. The van der Waals surface area contributed by atoms with Crippen LogP contribution in [0.15, 0.2) is 30.3 Å². The van der Waals surface area contributed by atoms with Gasteiger partial charge < -0.3 is 9.64 Å². The molecule has 2 aromatic rings. The van der Waals surface area contributed by atoms with Crippen LogP contribution in [0.5, 0.6) is 0 Å². The summed E-state index contributed by atoms with van der Waals surface area (Å²) in [7, 11) is 0. The van der Waals surface area contributed by atoms with Crippen LogP contribution in [0.4, 0.5) is 0 Å². The number of fused-ring (bicyclic) bond motifs is 1. The van der Waals surface area contributed by atoms with Gasteiger partial charge in [0.15, 0.2) is 0 Å². The predicted molar refractivity (Wildman–Crippen MR) is 73.2 cm³/mol. The van der Waals surface area contributed by atoms with Gasteiger partial charge in [-0.2, -0.15) is 0 Å². The van der Waals surface area contributed by atoms with E-state index in [1.807, 2.05) is 42.2 Å². The number of carbonyl (C=O) groups excluding carboxylic acids is 1. The van der Waals surface area contributed by atoms with Crippen LogP contribution in [-0.4, -0.2) is 42.1 Å². The normalized spacial score (nSPS) is 15.7. The molecule has 3 rings (SSSR count). The number of hydrogen-bond acceptors (Lipinski definition) is 3. The highest BCUT2D eigenvalue weighted by molar-refractivity contribution is 6.06. The summed E-state index contributed by atoms with van der Waals surface area (Å²) in [6.07, 6.45) is 0. The van der Waals surface area contributed by atoms with Gasteiger partial charge in [-0.3, -0.25) is 9.78 Å². The molecule has 2 heterocycles. The summed E-state index contributed by atoms with van der Waals surface area (Å²) in [5.41, 5.74) is 2.49. The molecular formula is C15H16N2O2. The Bertz CT molecular complexity index is 619. The fourth-order valence-corrected chi connectivity index (χ4v) is 2.42. The smallest absolute Gasteiger partial charge is 0.254 e. The summed E-state index contributed by atoms with van der Waals surface area (Å²) in [6, 6.07) is 9.65. The molecule has 4 heteroatoms. The maximum atomic E-state index is 12.6. The van der Waals surface area contributed by atoms with Gasteiger partial charge in [-0.25, -0.2) is 0 Å². The number of para-hydroxylation sites is 1. The van der Waals surface area contributed by atoms with Crippen LogP contribution in [-0.2, 0) is 4.74 Å². The number of aryl methyl sites for hydroxylation is 1. The molecule has 1 aromatic heterocycles. The first-order chi connectivity index (χ1) is 9.25. The van der Waals surface area contributed by atoms with E-state index in [4.69, 9.17) is 4.74 Å². The average molecular weight is 256 g/mol. The van der Waals surface area contributed by atoms with Crippen LogP contribution in [0.2, 0.25) is 0 Å². The van der Waals surface area contributed by atoms with E-state index in [9.17, 15) is 4.79 Å². The Labute approximate surface area is 112 Å². The summed E-state index contributed by atoms with van der Waals surface area (Å²) < 4.78 is 5.29. The quantitative estimate of drug-likeness (QED) is 0.784. The monoisotopic (exact) mass is 256 g/mol. The molecule has 0 spiro atoms. The van der Waals surface area contributed by atoms with Crippen molar-refractivity contribution in [2.75, 3.05) is 26.3 Å². The Balaban J connectivity index is 2.05. The minimum Gasteiger partial charge on any atom is -0.378 e. The number of hydrogen-bond donors (Lipinski definition) is 0. The SMILES string of the molecule is Cc1cc(C(=O)N2CCOCC2)c2ccccc2n1. The van der Waals surface area contributed by atoms with Gasteiger partial charge in [0.05, 0.1) is 24.3 Å². The summed E-state index contributed by atoms with van der Waals surface area (Å²) >= 11 is 0. The number of nitrogens with zero attached hydrogens (tertiary/aromatic N) is 2. The number of ether oxygens (including phenoxy) is 1. The number of morpholine rings is 1. The van der Waals surface area contributed by atoms with Crippen LogP contribution in [0.1, 0.15) is 16.1 Å². The molecule has 1 fully saturated rings. The topological polar surface area (TPSA) is 42.4 Å². The van der Waals surface area contributed by atoms with Crippen LogP contribution in [0.3, 0.4) is 0 Å². The first kappa shape index (κ1) is 12.1. The Hall–Kier alpha value is -1.94. The number of aromatic nitrogens is 1. The third kappa shape index (κ3) is 2.31. The van der Waals surface area contributed by atoms with E-state index in [-0.39, 0.29) is 5.91 Å². The number of benzene rings is 1. The molecule has 0 bridgehead atoms. The van der Waals surface area contributed by atoms with Crippen LogP contribution in [0, 0.1) is 6.92 Å². The van der Waals surface area contributed by atoms with E-state index in [1.165, 1.54) is 0 Å². The molecule has 1 aliphatic rings. The Morgan fingerprint density at radius 1 is 1.26 bits per heavy atom. The van der Waals surface area contributed by atoms with Gasteiger partial charge in [-0.15, -0.1) is 0 Å². The zero-order valence-electron chi connectivity index (χ0n) is 10.9. The molecule has 0 saturated carbocycles. The third-order valence-electron chi connectivity index (χ3n) is 3.37.